The minimum absolute atomic E-state index is 0.0207. The normalized spacial score (nSPS) is 22.8. The molecule has 1 aliphatic heterocycles. The van der Waals surface area contributed by atoms with E-state index in [1.54, 1.807) is 6.20 Å². The molecule has 3 aromatic rings. The van der Waals surface area contributed by atoms with Gasteiger partial charge < -0.3 is 20.9 Å². The maximum Gasteiger partial charge on any atom is 0.274 e. The number of aromatic nitrogens is 2. The number of rotatable bonds is 5. The van der Waals surface area contributed by atoms with Crippen LogP contribution in [-0.2, 0) is 10.3 Å². The van der Waals surface area contributed by atoms with Gasteiger partial charge in [-0.05, 0) is 72.6 Å². The molecule has 1 saturated carbocycles. The smallest absolute Gasteiger partial charge is 0.274 e. The highest BCUT2D eigenvalue weighted by atomic mass is 19.1. The van der Waals surface area contributed by atoms with Crippen molar-refractivity contribution in [3.05, 3.63) is 77.0 Å². The van der Waals surface area contributed by atoms with Gasteiger partial charge in [0.05, 0.1) is 30.7 Å². The van der Waals surface area contributed by atoms with Crippen molar-refractivity contribution in [3.63, 3.8) is 0 Å². The van der Waals surface area contributed by atoms with E-state index in [1.165, 1.54) is 6.20 Å². The van der Waals surface area contributed by atoms with Crippen LogP contribution >= 0.6 is 0 Å². The Morgan fingerprint density at radius 3 is 2.49 bits per heavy atom. The summed E-state index contributed by atoms with van der Waals surface area (Å²) in [4.78, 5) is 21.2. The molecule has 0 bridgehead atoms. The van der Waals surface area contributed by atoms with Gasteiger partial charge in [-0.15, -0.1) is 0 Å². The Morgan fingerprint density at radius 2 is 1.84 bits per heavy atom. The van der Waals surface area contributed by atoms with Crippen molar-refractivity contribution in [3.8, 4) is 11.3 Å². The maximum absolute atomic E-state index is 15.0. The summed E-state index contributed by atoms with van der Waals surface area (Å²) in [5.74, 6) is -3.35. The lowest BCUT2D eigenvalue weighted by molar-refractivity contribution is -0.184. The van der Waals surface area contributed by atoms with Gasteiger partial charge in [-0.25, -0.2) is 18.2 Å². The van der Waals surface area contributed by atoms with E-state index in [9.17, 15) is 23.1 Å². The number of hydrogen-bond donors (Lipinski definition) is 3. The van der Waals surface area contributed by atoms with Gasteiger partial charge in [-0.1, -0.05) is 6.92 Å². The molecular formula is C27H27F3N4O3. The van der Waals surface area contributed by atoms with Crippen molar-refractivity contribution in [2.45, 2.75) is 43.7 Å². The minimum atomic E-state index is -1.50. The summed E-state index contributed by atoms with van der Waals surface area (Å²) in [6.45, 7) is 1.94. The fourth-order valence-electron chi connectivity index (χ4n) is 5.24. The zero-order chi connectivity index (χ0) is 26.3. The van der Waals surface area contributed by atoms with Crippen LogP contribution in [0.25, 0.3) is 11.3 Å². The highest BCUT2D eigenvalue weighted by molar-refractivity contribution is 6.03. The lowest BCUT2D eigenvalue weighted by Gasteiger charge is -2.36. The Morgan fingerprint density at radius 1 is 1.11 bits per heavy atom. The van der Waals surface area contributed by atoms with Gasteiger partial charge in [0.15, 0.2) is 0 Å². The number of halogens is 3. The molecule has 5 rings (SSSR count). The molecule has 4 N–H and O–H groups in total. The summed E-state index contributed by atoms with van der Waals surface area (Å²) in [5.41, 5.74) is 4.45. The van der Waals surface area contributed by atoms with E-state index >= 15 is 0 Å². The molecule has 1 aromatic carbocycles. The summed E-state index contributed by atoms with van der Waals surface area (Å²) in [7, 11) is 0. The third-order valence-corrected chi connectivity index (χ3v) is 7.10. The van der Waals surface area contributed by atoms with Gasteiger partial charge >= 0.3 is 0 Å². The molecule has 0 unspecified atom stereocenters. The minimum Gasteiger partial charge on any atom is -0.380 e. The van der Waals surface area contributed by atoms with Crippen molar-refractivity contribution in [2.75, 3.05) is 18.5 Å². The average Bonchev–Trinajstić information content (AvgIpc) is 2.82. The SMILES string of the molecule is C[C@@H]1C[C@H](N)C[C@H](c2ccncc2NC(=O)c2ccc(F)c(-c3c(F)cc(C4(O)COC4)cc3F)n2)C1. The lowest BCUT2D eigenvalue weighted by atomic mass is 9.76. The Kier molecular flexibility index (Phi) is 6.74. The third kappa shape index (κ3) is 4.96. The molecule has 2 fully saturated rings. The van der Waals surface area contributed by atoms with E-state index in [2.05, 4.69) is 22.2 Å². The van der Waals surface area contributed by atoms with Crippen molar-refractivity contribution >= 4 is 11.6 Å². The maximum atomic E-state index is 15.0. The van der Waals surface area contributed by atoms with Gasteiger partial charge in [0, 0.05) is 12.2 Å². The number of carbonyl (C=O) groups excluding carboxylic acids is 1. The topological polar surface area (TPSA) is 110 Å². The van der Waals surface area contributed by atoms with Gasteiger partial charge in [0.1, 0.15) is 34.4 Å². The number of amides is 1. The molecule has 2 aromatic heterocycles. The Bertz CT molecular complexity index is 1320. The molecule has 7 nitrogen and oxygen atoms in total. The van der Waals surface area contributed by atoms with Gasteiger partial charge in [-0.2, -0.15) is 0 Å². The van der Waals surface area contributed by atoms with E-state index in [0.717, 1.165) is 49.1 Å². The van der Waals surface area contributed by atoms with Crippen molar-refractivity contribution < 1.29 is 27.8 Å². The molecule has 0 radical (unpaired) electrons. The fraction of sp³-hybridized carbons (Fsp3) is 0.370. The summed E-state index contributed by atoms with van der Waals surface area (Å²) < 4.78 is 49.5. The number of ether oxygens (including phenoxy) is 1. The number of aliphatic hydroxyl groups is 1. The third-order valence-electron chi connectivity index (χ3n) is 7.10. The molecule has 3 atom stereocenters. The van der Waals surface area contributed by atoms with Crippen LogP contribution in [0.5, 0.6) is 0 Å². The summed E-state index contributed by atoms with van der Waals surface area (Å²) in [5, 5.41) is 13.1. The molecule has 1 amide bonds. The second-order valence-corrected chi connectivity index (χ2v) is 10.1. The summed E-state index contributed by atoms with van der Waals surface area (Å²) in [6, 6.07) is 5.81. The quantitative estimate of drug-likeness (QED) is 0.471. The summed E-state index contributed by atoms with van der Waals surface area (Å²) >= 11 is 0. The number of anilines is 1. The van der Waals surface area contributed by atoms with E-state index in [-0.39, 0.29) is 36.4 Å². The van der Waals surface area contributed by atoms with Crippen LogP contribution in [0.2, 0.25) is 0 Å². The summed E-state index contributed by atoms with van der Waals surface area (Å²) in [6.07, 6.45) is 5.79. The van der Waals surface area contributed by atoms with Crippen LogP contribution in [0.1, 0.15) is 53.7 Å². The molecule has 10 heteroatoms. The fourth-order valence-corrected chi connectivity index (χ4v) is 5.24. The zero-order valence-electron chi connectivity index (χ0n) is 20.2. The molecule has 1 aliphatic carbocycles. The average molecular weight is 513 g/mol. The van der Waals surface area contributed by atoms with E-state index in [0.29, 0.717) is 11.6 Å². The Hall–Kier alpha value is -3.34. The van der Waals surface area contributed by atoms with Gasteiger partial charge in [0.25, 0.3) is 5.91 Å². The van der Waals surface area contributed by atoms with Crippen molar-refractivity contribution in [2.24, 2.45) is 11.7 Å². The van der Waals surface area contributed by atoms with Crippen LogP contribution in [0, 0.1) is 23.4 Å². The first kappa shape index (κ1) is 25.3. The Labute approximate surface area is 211 Å². The van der Waals surface area contributed by atoms with Crippen LogP contribution in [-0.4, -0.2) is 40.2 Å². The number of nitrogens with two attached hydrogens (primary N) is 1. The van der Waals surface area contributed by atoms with Gasteiger partial charge in [0.2, 0.25) is 0 Å². The monoisotopic (exact) mass is 512 g/mol. The first-order valence-corrected chi connectivity index (χ1v) is 12.1. The zero-order valence-corrected chi connectivity index (χ0v) is 20.2. The second-order valence-electron chi connectivity index (χ2n) is 10.1. The van der Waals surface area contributed by atoms with E-state index in [4.69, 9.17) is 10.5 Å². The second kappa shape index (κ2) is 9.85. The molecule has 2 aliphatic rings. The molecule has 0 spiro atoms. The van der Waals surface area contributed by atoms with Crippen molar-refractivity contribution in [1.82, 2.24) is 9.97 Å². The standard InChI is InChI=1S/C27H27F3N4O3/c1-14-6-15(8-17(31)7-14)18-4-5-32-11-23(18)34-26(35)22-3-2-19(28)25(33-22)24-20(29)9-16(10-21(24)30)27(36)12-37-13-27/h2-5,9-11,14-15,17,36H,6-8,12-13,31H2,1H3,(H,34,35)/t14-,15+,17-/m0/s1. The highest BCUT2D eigenvalue weighted by Crippen LogP contribution is 2.39. The van der Waals surface area contributed by atoms with Crippen LogP contribution in [0.4, 0.5) is 18.9 Å². The lowest BCUT2D eigenvalue weighted by Crippen LogP contribution is -2.46. The number of nitrogens with zero attached hydrogens (tertiary/aromatic N) is 2. The number of benzene rings is 1. The van der Waals surface area contributed by atoms with E-state index < -0.39 is 40.2 Å². The number of pyridine rings is 2. The molecule has 1 saturated heterocycles. The van der Waals surface area contributed by atoms with Crippen molar-refractivity contribution in [1.29, 1.82) is 0 Å². The van der Waals surface area contributed by atoms with Crippen LogP contribution in [0.15, 0.2) is 42.7 Å². The van der Waals surface area contributed by atoms with Crippen LogP contribution < -0.4 is 11.1 Å². The highest BCUT2D eigenvalue weighted by Gasteiger charge is 2.39. The Balaban J connectivity index is 1.44. The molecular weight excluding hydrogens is 485 g/mol. The van der Waals surface area contributed by atoms with E-state index in [1.807, 2.05) is 6.07 Å². The number of hydrogen-bond acceptors (Lipinski definition) is 6. The molecule has 3 heterocycles. The predicted octanol–water partition coefficient (Wildman–Crippen LogP) is 4.26. The first-order chi connectivity index (χ1) is 17.6. The largest absolute Gasteiger partial charge is 0.380 e. The predicted molar refractivity (Wildman–Crippen MR) is 130 cm³/mol. The van der Waals surface area contributed by atoms with Gasteiger partial charge in [-0.3, -0.25) is 9.78 Å². The number of nitrogens with one attached hydrogen (secondary N) is 1. The first-order valence-electron chi connectivity index (χ1n) is 12.1. The number of carbonyl (C=O) groups is 1. The molecule has 37 heavy (non-hydrogen) atoms. The molecule has 194 valence electrons. The van der Waals surface area contributed by atoms with Crippen LogP contribution in [0.3, 0.4) is 0 Å².